The SMILES string of the molecule is CC(=O)NC1CCN(C(=O)C(CN)c2ccccc2)CC1. The molecule has 0 aromatic heterocycles. The lowest BCUT2D eigenvalue weighted by Crippen LogP contribution is -2.48. The maximum absolute atomic E-state index is 12.6. The molecule has 2 rings (SSSR count). The van der Waals surface area contributed by atoms with E-state index in [9.17, 15) is 9.59 Å². The number of amides is 2. The van der Waals surface area contributed by atoms with Crippen molar-refractivity contribution in [3.63, 3.8) is 0 Å². The molecule has 1 saturated heterocycles. The number of piperidine rings is 1. The minimum atomic E-state index is -0.275. The number of rotatable bonds is 4. The second-order valence-electron chi connectivity index (χ2n) is 5.50. The zero-order chi connectivity index (χ0) is 15.2. The summed E-state index contributed by atoms with van der Waals surface area (Å²) in [6.07, 6.45) is 1.61. The van der Waals surface area contributed by atoms with Gasteiger partial charge in [-0.3, -0.25) is 9.59 Å². The maximum atomic E-state index is 12.6. The lowest BCUT2D eigenvalue weighted by atomic mass is 9.96. The van der Waals surface area contributed by atoms with Crippen LogP contribution in [0.2, 0.25) is 0 Å². The molecule has 0 bridgehead atoms. The van der Waals surface area contributed by atoms with Crippen molar-refractivity contribution in [3.8, 4) is 0 Å². The second-order valence-corrected chi connectivity index (χ2v) is 5.50. The molecule has 5 nitrogen and oxygen atoms in total. The standard InChI is InChI=1S/C16H23N3O2/c1-12(20)18-14-7-9-19(10-8-14)16(21)15(11-17)13-5-3-2-4-6-13/h2-6,14-15H,7-11,17H2,1H3,(H,18,20). The first-order chi connectivity index (χ1) is 10.1. The lowest BCUT2D eigenvalue weighted by molar-refractivity contribution is -0.133. The van der Waals surface area contributed by atoms with Crippen molar-refractivity contribution in [2.24, 2.45) is 5.73 Å². The Balaban J connectivity index is 1.96. The molecular weight excluding hydrogens is 266 g/mol. The first kappa shape index (κ1) is 15.5. The molecule has 1 aliphatic heterocycles. The third kappa shape index (κ3) is 4.04. The lowest BCUT2D eigenvalue weighted by Gasteiger charge is -2.34. The van der Waals surface area contributed by atoms with Gasteiger partial charge in [-0.25, -0.2) is 0 Å². The van der Waals surface area contributed by atoms with E-state index in [4.69, 9.17) is 5.73 Å². The fraction of sp³-hybridized carbons (Fsp3) is 0.500. The van der Waals surface area contributed by atoms with Gasteiger partial charge < -0.3 is 16.0 Å². The molecule has 3 N–H and O–H groups in total. The van der Waals surface area contributed by atoms with Gasteiger partial charge in [-0.2, -0.15) is 0 Å². The predicted octanol–water partition coefficient (Wildman–Crippen LogP) is 0.856. The number of hydrogen-bond acceptors (Lipinski definition) is 3. The third-order valence-corrected chi connectivity index (χ3v) is 3.95. The summed E-state index contributed by atoms with van der Waals surface area (Å²) in [7, 11) is 0. The largest absolute Gasteiger partial charge is 0.353 e. The van der Waals surface area contributed by atoms with Gasteiger partial charge >= 0.3 is 0 Å². The molecule has 0 aliphatic carbocycles. The van der Waals surface area contributed by atoms with Gasteiger partial charge in [-0.15, -0.1) is 0 Å². The van der Waals surface area contributed by atoms with Gasteiger partial charge in [-0.05, 0) is 18.4 Å². The summed E-state index contributed by atoms with van der Waals surface area (Å²) >= 11 is 0. The molecule has 5 heteroatoms. The Morgan fingerprint density at radius 2 is 1.90 bits per heavy atom. The van der Waals surface area contributed by atoms with Crippen molar-refractivity contribution in [2.45, 2.75) is 31.7 Å². The van der Waals surface area contributed by atoms with Gasteiger partial charge in [0, 0.05) is 32.6 Å². The summed E-state index contributed by atoms with van der Waals surface area (Å²) in [6, 6.07) is 9.85. The minimum absolute atomic E-state index is 0.0103. The maximum Gasteiger partial charge on any atom is 0.231 e. The number of hydrogen-bond donors (Lipinski definition) is 2. The Bertz CT molecular complexity index is 482. The minimum Gasteiger partial charge on any atom is -0.353 e. The van der Waals surface area contributed by atoms with Crippen molar-refractivity contribution in [1.29, 1.82) is 0 Å². The summed E-state index contributed by atoms with van der Waals surface area (Å²) in [5.41, 5.74) is 6.77. The highest BCUT2D eigenvalue weighted by Gasteiger charge is 2.28. The quantitative estimate of drug-likeness (QED) is 0.863. The second kappa shape index (κ2) is 7.22. The number of carbonyl (C=O) groups is 2. The number of nitrogens with two attached hydrogens (primary N) is 1. The molecule has 1 aliphatic rings. The van der Waals surface area contributed by atoms with Crippen molar-refractivity contribution in [2.75, 3.05) is 19.6 Å². The first-order valence-electron chi connectivity index (χ1n) is 7.42. The van der Waals surface area contributed by atoms with Crippen LogP contribution in [0.5, 0.6) is 0 Å². The van der Waals surface area contributed by atoms with E-state index in [0.717, 1.165) is 18.4 Å². The van der Waals surface area contributed by atoms with Gasteiger partial charge in [0.1, 0.15) is 0 Å². The van der Waals surface area contributed by atoms with Crippen molar-refractivity contribution in [3.05, 3.63) is 35.9 Å². The molecule has 1 heterocycles. The molecule has 1 aromatic carbocycles. The highest BCUT2D eigenvalue weighted by atomic mass is 16.2. The van der Waals surface area contributed by atoms with Crippen LogP contribution in [0.4, 0.5) is 0 Å². The van der Waals surface area contributed by atoms with Crippen molar-refractivity contribution >= 4 is 11.8 Å². The summed E-state index contributed by atoms with van der Waals surface area (Å²) < 4.78 is 0. The Labute approximate surface area is 125 Å². The molecule has 1 fully saturated rings. The molecule has 0 radical (unpaired) electrons. The number of nitrogens with zero attached hydrogens (tertiary/aromatic N) is 1. The van der Waals surface area contributed by atoms with Crippen LogP contribution in [0.15, 0.2) is 30.3 Å². The molecule has 1 atom stereocenters. The highest BCUT2D eigenvalue weighted by Crippen LogP contribution is 2.20. The van der Waals surface area contributed by atoms with E-state index >= 15 is 0 Å². The van der Waals surface area contributed by atoms with Crippen LogP contribution in [0.1, 0.15) is 31.2 Å². The van der Waals surface area contributed by atoms with Crippen LogP contribution >= 0.6 is 0 Å². The van der Waals surface area contributed by atoms with Crippen LogP contribution in [0.3, 0.4) is 0 Å². The summed E-state index contributed by atoms with van der Waals surface area (Å²) in [5.74, 6) is -0.197. The van der Waals surface area contributed by atoms with E-state index in [0.29, 0.717) is 19.6 Å². The molecule has 0 spiro atoms. The Morgan fingerprint density at radius 3 is 2.43 bits per heavy atom. The van der Waals surface area contributed by atoms with E-state index < -0.39 is 0 Å². The summed E-state index contributed by atoms with van der Waals surface area (Å²) in [6.45, 7) is 3.19. The highest BCUT2D eigenvalue weighted by molar-refractivity contribution is 5.84. The predicted molar refractivity (Wildman–Crippen MR) is 81.7 cm³/mol. The Hall–Kier alpha value is -1.88. The van der Waals surface area contributed by atoms with Crippen molar-refractivity contribution in [1.82, 2.24) is 10.2 Å². The third-order valence-electron chi connectivity index (χ3n) is 3.95. The van der Waals surface area contributed by atoms with Crippen LogP contribution in [-0.2, 0) is 9.59 Å². The molecule has 0 saturated carbocycles. The number of likely N-dealkylation sites (tertiary alicyclic amines) is 1. The number of nitrogens with one attached hydrogen (secondary N) is 1. The summed E-state index contributed by atoms with van der Waals surface area (Å²) in [5, 5.41) is 2.91. The zero-order valence-corrected chi connectivity index (χ0v) is 12.4. The molecule has 21 heavy (non-hydrogen) atoms. The smallest absolute Gasteiger partial charge is 0.231 e. The Morgan fingerprint density at radius 1 is 1.29 bits per heavy atom. The van der Waals surface area contributed by atoms with Crippen LogP contribution in [0, 0.1) is 0 Å². The van der Waals surface area contributed by atoms with Crippen molar-refractivity contribution < 1.29 is 9.59 Å². The van der Waals surface area contributed by atoms with E-state index in [1.54, 1.807) is 0 Å². The fourth-order valence-corrected chi connectivity index (χ4v) is 2.82. The van der Waals surface area contributed by atoms with Gasteiger partial charge in [0.15, 0.2) is 0 Å². The normalized spacial score (nSPS) is 17.3. The van der Waals surface area contributed by atoms with Gasteiger partial charge in [0.25, 0.3) is 0 Å². The van der Waals surface area contributed by atoms with Crippen LogP contribution in [0.25, 0.3) is 0 Å². The van der Waals surface area contributed by atoms with E-state index in [2.05, 4.69) is 5.32 Å². The number of benzene rings is 1. The van der Waals surface area contributed by atoms with Gasteiger partial charge in [0.05, 0.1) is 5.92 Å². The average molecular weight is 289 g/mol. The number of carbonyl (C=O) groups excluding carboxylic acids is 2. The average Bonchev–Trinajstić information content (AvgIpc) is 2.49. The molecule has 114 valence electrons. The molecule has 1 unspecified atom stereocenters. The van der Waals surface area contributed by atoms with Crippen LogP contribution < -0.4 is 11.1 Å². The van der Waals surface area contributed by atoms with E-state index in [-0.39, 0.29) is 23.8 Å². The molecule has 2 amide bonds. The topological polar surface area (TPSA) is 75.4 Å². The molecular formula is C16H23N3O2. The van der Waals surface area contributed by atoms with Crippen LogP contribution in [-0.4, -0.2) is 42.4 Å². The zero-order valence-electron chi connectivity index (χ0n) is 12.4. The fourth-order valence-electron chi connectivity index (χ4n) is 2.82. The van der Waals surface area contributed by atoms with E-state index in [1.807, 2.05) is 35.2 Å². The van der Waals surface area contributed by atoms with Gasteiger partial charge in [0.2, 0.25) is 11.8 Å². The summed E-state index contributed by atoms with van der Waals surface area (Å²) in [4.78, 5) is 25.5. The van der Waals surface area contributed by atoms with E-state index in [1.165, 1.54) is 6.92 Å². The molecule has 1 aromatic rings. The monoisotopic (exact) mass is 289 g/mol. The Kier molecular flexibility index (Phi) is 5.33. The van der Waals surface area contributed by atoms with Gasteiger partial charge in [-0.1, -0.05) is 30.3 Å². The first-order valence-corrected chi connectivity index (χ1v) is 7.42.